The van der Waals surface area contributed by atoms with E-state index in [0.717, 1.165) is 49.2 Å². The summed E-state index contributed by atoms with van der Waals surface area (Å²) in [4.78, 5) is 2.37. The van der Waals surface area contributed by atoms with Crippen LogP contribution in [0.5, 0.6) is 0 Å². The predicted molar refractivity (Wildman–Crippen MR) is 123 cm³/mol. The van der Waals surface area contributed by atoms with Crippen molar-refractivity contribution in [3.05, 3.63) is 108 Å². The fraction of sp³-hybridized carbons (Fsp3) is 0.333. The van der Waals surface area contributed by atoms with E-state index in [1.807, 2.05) is 30.3 Å². The van der Waals surface area contributed by atoms with Crippen LogP contribution >= 0.6 is 0 Å². The molecule has 1 saturated heterocycles. The molecular formula is C27H31F2NO. The van der Waals surface area contributed by atoms with Gasteiger partial charge in [0.25, 0.3) is 0 Å². The lowest BCUT2D eigenvalue weighted by atomic mass is 9.83. The normalized spacial score (nSPS) is 17.0. The Kier molecular flexibility index (Phi) is 7.94. The van der Waals surface area contributed by atoms with Gasteiger partial charge >= 0.3 is 0 Å². The molecule has 1 aliphatic heterocycles. The van der Waals surface area contributed by atoms with E-state index in [-0.39, 0.29) is 17.6 Å². The number of likely N-dealkylation sites (tertiary alicyclic amines) is 1. The molecule has 2 nitrogen and oxygen atoms in total. The number of aliphatic hydroxyl groups is 1. The Morgan fingerprint density at radius 3 is 1.94 bits per heavy atom. The summed E-state index contributed by atoms with van der Waals surface area (Å²) in [5.41, 5.74) is 2.06. The highest BCUT2D eigenvalue weighted by molar-refractivity contribution is 5.33. The lowest BCUT2D eigenvalue weighted by Crippen LogP contribution is -2.45. The SMILES string of the molecule is C=C/C=C(\C=C)C1(O)CCN(CCCC(c2ccc(F)cc2)c2ccc(F)cc2)CC1. The molecule has 0 aliphatic carbocycles. The van der Waals surface area contributed by atoms with Crippen LogP contribution in [-0.2, 0) is 0 Å². The Morgan fingerprint density at radius 2 is 1.48 bits per heavy atom. The minimum Gasteiger partial charge on any atom is -0.385 e. The van der Waals surface area contributed by atoms with E-state index in [1.165, 1.54) is 24.3 Å². The lowest BCUT2D eigenvalue weighted by molar-refractivity contribution is 0.0118. The third-order valence-electron chi connectivity index (χ3n) is 6.25. The zero-order chi connectivity index (χ0) is 22.3. The Morgan fingerprint density at radius 1 is 0.968 bits per heavy atom. The third-order valence-corrected chi connectivity index (χ3v) is 6.25. The maximum absolute atomic E-state index is 13.4. The van der Waals surface area contributed by atoms with Gasteiger partial charge in [0, 0.05) is 19.0 Å². The van der Waals surface area contributed by atoms with Crippen molar-refractivity contribution in [1.82, 2.24) is 4.90 Å². The highest BCUT2D eigenvalue weighted by atomic mass is 19.1. The molecule has 0 unspecified atom stereocenters. The van der Waals surface area contributed by atoms with Gasteiger partial charge in [-0.2, -0.15) is 0 Å². The second-order valence-electron chi connectivity index (χ2n) is 8.23. The van der Waals surface area contributed by atoms with Crippen molar-refractivity contribution in [2.45, 2.75) is 37.2 Å². The molecule has 0 bridgehead atoms. The average Bonchev–Trinajstić information content (AvgIpc) is 2.78. The van der Waals surface area contributed by atoms with Crippen LogP contribution in [0.1, 0.15) is 42.7 Å². The topological polar surface area (TPSA) is 23.5 Å². The molecule has 1 heterocycles. The molecule has 31 heavy (non-hydrogen) atoms. The highest BCUT2D eigenvalue weighted by Crippen LogP contribution is 2.32. The first-order chi connectivity index (χ1) is 14.9. The van der Waals surface area contributed by atoms with Crippen LogP contribution in [0.4, 0.5) is 8.78 Å². The van der Waals surface area contributed by atoms with Gasteiger partial charge in [-0.25, -0.2) is 8.78 Å². The first-order valence-corrected chi connectivity index (χ1v) is 10.9. The molecule has 0 amide bonds. The highest BCUT2D eigenvalue weighted by Gasteiger charge is 2.34. The minimum atomic E-state index is -0.836. The molecule has 164 valence electrons. The molecule has 2 aromatic carbocycles. The van der Waals surface area contributed by atoms with Gasteiger partial charge in [0.15, 0.2) is 0 Å². The van der Waals surface area contributed by atoms with Gasteiger partial charge < -0.3 is 10.0 Å². The number of benzene rings is 2. The second-order valence-corrected chi connectivity index (χ2v) is 8.23. The number of hydrogen-bond acceptors (Lipinski definition) is 2. The monoisotopic (exact) mass is 423 g/mol. The zero-order valence-electron chi connectivity index (χ0n) is 17.9. The molecule has 4 heteroatoms. The number of rotatable bonds is 9. The smallest absolute Gasteiger partial charge is 0.123 e. The standard InChI is InChI=1S/C27H31F2NO/c1-3-6-23(4-2)27(31)16-19-30(20-17-27)18-5-7-26(21-8-12-24(28)13-9-21)22-10-14-25(29)15-11-22/h3-4,6,8-15,26,31H,1-2,5,7,16-20H2/b23-6+. The first-order valence-electron chi connectivity index (χ1n) is 10.9. The summed E-state index contributed by atoms with van der Waals surface area (Å²) in [5.74, 6) is -0.426. The molecule has 1 aliphatic rings. The summed E-state index contributed by atoms with van der Waals surface area (Å²) in [7, 11) is 0. The molecule has 3 rings (SSSR count). The van der Waals surface area contributed by atoms with Crippen LogP contribution < -0.4 is 0 Å². The quantitative estimate of drug-likeness (QED) is 0.500. The van der Waals surface area contributed by atoms with E-state index in [2.05, 4.69) is 18.1 Å². The van der Waals surface area contributed by atoms with E-state index in [0.29, 0.717) is 12.8 Å². The van der Waals surface area contributed by atoms with Gasteiger partial charge in [0.05, 0.1) is 5.60 Å². The lowest BCUT2D eigenvalue weighted by Gasteiger charge is -2.39. The van der Waals surface area contributed by atoms with Crippen LogP contribution in [0, 0.1) is 11.6 Å². The van der Waals surface area contributed by atoms with Gasteiger partial charge in [-0.3, -0.25) is 0 Å². The van der Waals surface area contributed by atoms with Crippen LogP contribution in [0.25, 0.3) is 0 Å². The molecule has 0 saturated carbocycles. The van der Waals surface area contributed by atoms with Gasteiger partial charge in [0.1, 0.15) is 11.6 Å². The van der Waals surface area contributed by atoms with Crippen molar-refractivity contribution in [3.8, 4) is 0 Å². The van der Waals surface area contributed by atoms with Crippen LogP contribution in [-0.4, -0.2) is 35.2 Å². The molecule has 0 radical (unpaired) electrons. The third kappa shape index (κ3) is 5.99. The Hall–Kier alpha value is -2.56. The van der Waals surface area contributed by atoms with E-state index >= 15 is 0 Å². The van der Waals surface area contributed by atoms with Crippen molar-refractivity contribution < 1.29 is 13.9 Å². The fourth-order valence-electron chi connectivity index (χ4n) is 4.41. The van der Waals surface area contributed by atoms with Gasteiger partial charge in [0.2, 0.25) is 0 Å². The first kappa shape index (κ1) is 23.1. The maximum Gasteiger partial charge on any atom is 0.123 e. The molecule has 1 fully saturated rings. The molecular weight excluding hydrogens is 392 g/mol. The Balaban J connectivity index is 1.61. The number of halogens is 2. The minimum absolute atomic E-state index is 0.0887. The summed E-state index contributed by atoms with van der Waals surface area (Å²) < 4.78 is 26.8. The van der Waals surface area contributed by atoms with E-state index < -0.39 is 5.60 Å². The van der Waals surface area contributed by atoms with Crippen molar-refractivity contribution in [2.75, 3.05) is 19.6 Å². The summed E-state index contributed by atoms with van der Waals surface area (Å²) in [6, 6.07) is 13.2. The molecule has 0 atom stereocenters. The van der Waals surface area contributed by atoms with Crippen LogP contribution in [0.2, 0.25) is 0 Å². The van der Waals surface area contributed by atoms with E-state index in [1.54, 1.807) is 12.2 Å². The van der Waals surface area contributed by atoms with Gasteiger partial charge in [-0.15, -0.1) is 0 Å². The van der Waals surface area contributed by atoms with Crippen molar-refractivity contribution in [3.63, 3.8) is 0 Å². The summed E-state index contributed by atoms with van der Waals surface area (Å²) in [6.45, 7) is 10.1. The van der Waals surface area contributed by atoms with Crippen molar-refractivity contribution in [1.29, 1.82) is 0 Å². The molecule has 1 N–H and O–H groups in total. The zero-order valence-corrected chi connectivity index (χ0v) is 17.9. The van der Waals surface area contributed by atoms with Crippen molar-refractivity contribution >= 4 is 0 Å². The van der Waals surface area contributed by atoms with E-state index in [4.69, 9.17) is 0 Å². The predicted octanol–water partition coefficient (Wildman–Crippen LogP) is 6.00. The molecule has 0 spiro atoms. The van der Waals surface area contributed by atoms with Crippen LogP contribution in [0.15, 0.2) is 85.5 Å². The van der Waals surface area contributed by atoms with Crippen molar-refractivity contribution in [2.24, 2.45) is 0 Å². The summed E-state index contributed by atoms with van der Waals surface area (Å²) in [5, 5.41) is 11.0. The Labute approximate surface area is 184 Å². The maximum atomic E-state index is 13.4. The fourth-order valence-corrected chi connectivity index (χ4v) is 4.41. The number of hydrogen-bond donors (Lipinski definition) is 1. The Bertz CT molecular complexity index is 848. The van der Waals surface area contributed by atoms with Gasteiger partial charge in [-0.1, -0.05) is 55.7 Å². The molecule has 2 aromatic rings. The number of nitrogens with zero attached hydrogens (tertiary/aromatic N) is 1. The molecule has 0 aromatic heterocycles. The second kappa shape index (κ2) is 10.7. The van der Waals surface area contributed by atoms with Crippen LogP contribution in [0.3, 0.4) is 0 Å². The number of piperidine rings is 1. The number of allylic oxidation sites excluding steroid dienone is 2. The average molecular weight is 424 g/mol. The summed E-state index contributed by atoms with van der Waals surface area (Å²) >= 11 is 0. The summed E-state index contributed by atoms with van der Waals surface area (Å²) in [6.07, 6.45) is 8.40. The van der Waals surface area contributed by atoms with Gasteiger partial charge in [-0.05, 0) is 73.2 Å². The largest absolute Gasteiger partial charge is 0.385 e. The van der Waals surface area contributed by atoms with E-state index in [9.17, 15) is 13.9 Å².